The van der Waals surface area contributed by atoms with E-state index < -0.39 is 0 Å². The number of carbonyl (C=O) groups excluding carboxylic acids is 1. The van der Waals surface area contributed by atoms with Gasteiger partial charge in [0.2, 0.25) is 0 Å². The summed E-state index contributed by atoms with van der Waals surface area (Å²) >= 11 is 4.20. The van der Waals surface area contributed by atoms with Crippen molar-refractivity contribution < 1.29 is 9.53 Å². The third kappa shape index (κ3) is 3.01. The molecule has 5 heteroatoms. The van der Waals surface area contributed by atoms with Crippen LogP contribution < -0.4 is 4.46 Å². The second-order valence-corrected chi connectivity index (χ2v) is 9.87. The van der Waals surface area contributed by atoms with Crippen molar-refractivity contribution in [3.05, 3.63) is 66.2 Å². The van der Waals surface area contributed by atoms with Crippen LogP contribution in [-0.2, 0) is 11.3 Å². The molecule has 4 rings (SSSR count). The van der Waals surface area contributed by atoms with Crippen LogP contribution in [0.4, 0.5) is 4.79 Å². The molecule has 3 nitrogen and oxygen atoms in total. The Morgan fingerprint density at radius 1 is 1.12 bits per heavy atom. The van der Waals surface area contributed by atoms with Crippen LogP contribution in [0.2, 0.25) is 4.82 Å². The summed E-state index contributed by atoms with van der Waals surface area (Å²) in [6, 6.07) is 20.8. The van der Waals surface area contributed by atoms with Crippen LogP contribution in [0.1, 0.15) is 5.56 Å². The number of likely N-dealkylation sites (tertiary alicyclic amines) is 1. The van der Waals surface area contributed by atoms with Crippen molar-refractivity contribution in [3.8, 4) is 0 Å². The number of rotatable bonds is 4. The molecule has 2 aromatic rings. The summed E-state index contributed by atoms with van der Waals surface area (Å²) in [4.78, 5) is 15.4. The molecule has 4 atom stereocenters. The quantitative estimate of drug-likeness (QED) is 0.528. The molecule has 1 heterocycles. The van der Waals surface area contributed by atoms with E-state index in [9.17, 15) is 4.79 Å². The van der Waals surface area contributed by atoms with E-state index in [-0.39, 0.29) is 6.09 Å². The third-order valence-electron chi connectivity index (χ3n) is 4.72. The number of ether oxygens (including phenoxy) is 1. The zero-order chi connectivity index (χ0) is 16.5. The van der Waals surface area contributed by atoms with Crippen LogP contribution in [0, 0.1) is 5.92 Å². The maximum absolute atomic E-state index is 12.4. The van der Waals surface area contributed by atoms with E-state index in [2.05, 4.69) is 40.2 Å². The summed E-state index contributed by atoms with van der Waals surface area (Å²) in [6.45, 7) is 1.16. The second kappa shape index (κ2) is 6.91. The number of amides is 1. The summed E-state index contributed by atoms with van der Waals surface area (Å²) in [7, 11) is 0. The first kappa shape index (κ1) is 16.2. The summed E-state index contributed by atoms with van der Waals surface area (Å²) in [5.41, 5.74) is 1.03. The molecule has 24 heavy (non-hydrogen) atoms. The fraction of sp³-hybridized carbons (Fsp3) is 0.316. The van der Waals surface area contributed by atoms with Gasteiger partial charge in [0.25, 0.3) is 0 Å². The summed E-state index contributed by atoms with van der Waals surface area (Å²) in [5.74, 6) is 0.588. The van der Waals surface area contributed by atoms with E-state index in [4.69, 9.17) is 4.74 Å². The monoisotopic (exact) mass is 451 g/mol. The zero-order valence-corrected chi connectivity index (χ0v) is 16.3. The number of halogens is 1. The van der Waals surface area contributed by atoms with Crippen LogP contribution in [0.15, 0.2) is 60.7 Å². The molecule has 2 fully saturated rings. The number of alkyl halides is 1. The molecule has 2 aromatic carbocycles. The first-order chi connectivity index (χ1) is 11.7. The van der Waals surface area contributed by atoms with Crippen LogP contribution in [-0.4, -0.2) is 43.4 Å². The van der Waals surface area contributed by atoms with Crippen molar-refractivity contribution in [1.82, 2.24) is 4.90 Å². The van der Waals surface area contributed by atoms with Crippen molar-refractivity contribution in [3.63, 3.8) is 0 Å². The molecule has 2 aliphatic rings. The minimum absolute atomic E-state index is 0.173. The van der Waals surface area contributed by atoms with Gasteiger partial charge in [-0.1, -0.05) is 0 Å². The van der Waals surface area contributed by atoms with Gasteiger partial charge in [0.05, 0.1) is 0 Å². The molecule has 1 aliphatic heterocycles. The Morgan fingerprint density at radius 3 is 2.50 bits per heavy atom. The second-order valence-electron chi connectivity index (χ2n) is 6.19. The van der Waals surface area contributed by atoms with E-state index in [0.29, 0.717) is 43.2 Å². The van der Waals surface area contributed by atoms with Crippen LogP contribution in [0.5, 0.6) is 0 Å². The molecule has 1 saturated carbocycles. The molecular formula is C19H18BrNO2Se. The average molecular weight is 451 g/mol. The Kier molecular flexibility index (Phi) is 4.66. The van der Waals surface area contributed by atoms with Crippen molar-refractivity contribution in [2.45, 2.75) is 22.3 Å². The minimum atomic E-state index is -0.173. The van der Waals surface area contributed by atoms with E-state index in [1.165, 1.54) is 4.46 Å². The molecule has 124 valence electrons. The summed E-state index contributed by atoms with van der Waals surface area (Å²) in [6.07, 6.45) is -0.173. The first-order valence-corrected chi connectivity index (χ1v) is 10.8. The van der Waals surface area contributed by atoms with Gasteiger partial charge in [-0.2, -0.15) is 0 Å². The third-order valence-corrected chi connectivity index (χ3v) is 9.67. The molecule has 0 N–H and O–H groups in total. The molecule has 1 saturated heterocycles. The number of carbonyl (C=O) groups is 1. The van der Waals surface area contributed by atoms with Gasteiger partial charge in [0, 0.05) is 0 Å². The fourth-order valence-electron chi connectivity index (χ4n) is 3.34. The number of hydrogen-bond acceptors (Lipinski definition) is 2. The standard InChI is InChI=1S/C19H18BrNO2Se/c20-16-15-11-21(19(22)23-12-13-7-3-1-4-8-13)17(15)18(16)24-14-9-5-2-6-10-14/h1-10,15-18H,11-12H2/t15-,16+,17-,18-/m1/s1. The Bertz CT molecular complexity index is 712. The number of hydrogen-bond donors (Lipinski definition) is 0. The molecule has 1 aliphatic carbocycles. The molecule has 0 spiro atoms. The molecule has 1 amide bonds. The summed E-state index contributed by atoms with van der Waals surface area (Å²) < 4.78 is 6.89. The van der Waals surface area contributed by atoms with Crippen LogP contribution in [0.25, 0.3) is 0 Å². The van der Waals surface area contributed by atoms with E-state index in [1.54, 1.807) is 0 Å². The predicted octanol–water partition coefficient (Wildman–Crippen LogP) is 3.22. The Balaban J connectivity index is 1.35. The fourth-order valence-corrected chi connectivity index (χ4v) is 7.73. The van der Waals surface area contributed by atoms with Crippen molar-refractivity contribution in [2.24, 2.45) is 5.92 Å². The predicted molar refractivity (Wildman–Crippen MR) is 98.9 cm³/mol. The van der Waals surface area contributed by atoms with Gasteiger partial charge >= 0.3 is 157 Å². The van der Waals surface area contributed by atoms with Crippen molar-refractivity contribution >= 4 is 41.4 Å². The zero-order valence-electron chi connectivity index (χ0n) is 13.0. The average Bonchev–Trinajstić information content (AvgIpc) is 2.60. The Labute approximate surface area is 156 Å². The van der Waals surface area contributed by atoms with Crippen molar-refractivity contribution in [1.29, 1.82) is 0 Å². The Hall–Kier alpha value is -1.29. The van der Waals surface area contributed by atoms with E-state index in [1.807, 2.05) is 41.3 Å². The van der Waals surface area contributed by atoms with E-state index in [0.717, 1.165) is 12.1 Å². The first-order valence-electron chi connectivity index (χ1n) is 8.07. The Morgan fingerprint density at radius 2 is 1.79 bits per heavy atom. The van der Waals surface area contributed by atoms with Crippen LogP contribution >= 0.6 is 15.9 Å². The van der Waals surface area contributed by atoms with Gasteiger partial charge in [-0.3, -0.25) is 0 Å². The van der Waals surface area contributed by atoms with Gasteiger partial charge in [-0.25, -0.2) is 0 Å². The maximum atomic E-state index is 12.4. The van der Waals surface area contributed by atoms with Gasteiger partial charge < -0.3 is 0 Å². The molecule has 0 unspecified atom stereocenters. The number of benzene rings is 2. The molecule has 0 radical (unpaired) electrons. The SMILES string of the molecule is O=C(OCc1ccccc1)N1C[C@@H]2[C@H](Br)[C@@H]([Se]c3ccccc3)[C@@H]21. The topological polar surface area (TPSA) is 29.5 Å². The van der Waals surface area contributed by atoms with E-state index >= 15 is 0 Å². The summed E-state index contributed by atoms with van der Waals surface area (Å²) in [5, 5.41) is 0. The normalized spacial score (nSPS) is 27.6. The van der Waals surface area contributed by atoms with Gasteiger partial charge in [0.15, 0.2) is 0 Å². The number of nitrogens with zero attached hydrogens (tertiary/aromatic N) is 1. The van der Waals surface area contributed by atoms with Crippen LogP contribution in [0.3, 0.4) is 0 Å². The molecule has 0 bridgehead atoms. The molecular weight excluding hydrogens is 433 g/mol. The van der Waals surface area contributed by atoms with Gasteiger partial charge in [-0.05, 0) is 0 Å². The molecule has 0 aromatic heterocycles. The van der Waals surface area contributed by atoms with Gasteiger partial charge in [-0.15, -0.1) is 0 Å². The number of piperidine rings is 1. The van der Waals surface area contributed by atoms with Crippen molar-refractivity contribution in [2.75, 3.05) is 6.54 Å². The number of fused-ring (bicyclic) bond motifs is 1. The van der Waals surface area contributed by atoms with Gasteiger partial charge in [0.1, 0.15) is 0 Å².